The van der Waals surface area contributed by atoms with E-state index in [0.29, 0.717) is 11.1 Å². The number of likely N-dealkylation sites (N-methyl/N-ethyl adjacent to an activating group) is 1. The zero-order valence-corrected chi connectivity index (χ0v) is 15.2. The molecule has 6 heteroatoms. The van der Waals surface area contributed by atoms with Crippen LogP contribution in [0.4, 0.5) is 5.82 Å². The fourth-order valence-corrected chi connectivity index (χ4v) is 3.13. The van der Waals surface area contributed by atoms with Crippen molar-refractivity contribution in [2.75, 3.05) is 45.1 Å². The van der Waals surface area contributed by atoms with E-state index in [0.717, 1.165) is 37.7 Å². The van der Waals surface area contributed by atoms with Crippen LogP contribution in [0.15, 0.2) is 6.07 Å². The molecule has 1 aliphatic carbocycles. The zero-order valence-electron chi connectivity index (χ0n) is 14.5. The number of aromatic nitrogens is 2. The predicted octanol–water partition coefficient (Wildman–Crippen LogP) is 2.84. The van der Waals surface area contributed by atoms with Gasteiger partial charge in [0.1, 0.15) is 16.8 Å². The molecular formula is C17H28ClN5. The van der Waals surface area contributed by atoms with E-state index < -0.39 is 0 Å². The largest absolute Gasteiger partial charge is 0.365 e. The number of hydrogen-bond acceptors (Lipinski definition) is 5. The lowest BCUT2D eigenvalue weighted by Crippen LogP contribution is -2.46. The molecule has 3 rings (SSSR count). The maximum Gasteiger partial charge on any atom is 0.135 e. The van der Waals surface area contributed by atoms with Gasteiger partial charge in [-0.1, -0.05) is 11.6 Å². The number of nitrogens with zero attached hydrogens (tertiary/aromatic N) is 4. The summed E-state index contributed by atoms with van der Waals surface area (Å²) in [5.74, 6) is 2.27. The smallest absolute Gasteiger partial charge is 0.135 e. The van der Waals surface area contributed by atoms with Crippen LogP contribution in [0, 0.1) is 0 Å². The van der Waals surface area contributed by atoms with Crippen molar-refractivity contribution in [2.45, 2.75) is 44.6 Å². The van der Waals surface area contributed by atoms with E-state index in [9.17, 15) is 0 Å². The Balaban J connectivity index is 1.55. The van der Waals surface area contributed by atoms with E-state index in [1.165, 1.54) is 25.9 Å². The van der Waals surface area contributed by atoms with Gasteiger partial charge in [-0.2, -0.15) is 0 Å². The Morgan fingerprint density at radius 2 is 1.91 bits per heavy atom. The van der Waals surface area contributed by atoms with Crippen LogP contribution < -0.4 is 5.32 Å². The van der Waals surface area contributed by atoms with Crippen molar-refractivity contribution in [3.63, 3.8) is 0 Å². The van der Waals surface area contributed by atoms with Crippen LogP contribution in [-0.2, 0) is 0 Å². The molecule has 0 aromatic carbocycles. The van der Waals surface area contributed by atoms with Crippen LogP contribution >= 0.6 is 11.6 Å². The molecule has 0 radical (unpaired) electrons. The van der Waals surface area contributed by atoms with Gasteiger partial charge in [-0.15, -0.1) is 0 Å². The minimum atomic E-state index is -0.0121. The number of rotatable bonds is 6. The number of nitrogens with one attached hydrogen (secondary N) is 1. The Hall–Kier alpha value is -0.910. The SMILES string of the molecule is CN1CCN(CCC(C)(C)Nc2cc(Cl)nc(C3CC3)n2)CC1. The van der Waals surface area contributed by atoms with Crippen molar-refractivity contribution in [3.8, 4) is 0 Å². The molecule has 0 unspecified atom stereocenters. The fraction of sp³-hybridized carbons (Fsp3) is 0.765. The summed E-state index contributed by atoms with van der Waals surface area (Å²) in [6, 6.07) is 1.84. The highest BCUT2D eigenvalue weighted by atomic mass is 35.5. The van der Waals surface area contributed by atoms with Crippen molar-refractivity contribution in [1.82, 2.24) is 19.8 Å². The molecule has 5 nitrogen and oxygen atoms in total. The van der Waals surface area contributed by atoms with Crippen molar-refractivity contribution in [2.24, 2.45) is 0 Å². The highest BCUT2D eigenvalue weighted by Crippen LogP contribution is 2.39. The first-order chi connectivity index (χ1) is 10.9. The van der Waals surface area contributed by atoms with Crippen LogP contribution in [0.25, 0.3) is 0 Å². The predicted molar refractivity (Wildman–Crippen MR) is 95.3 cm³/mol. The van der Waals surface area contributed by atoms with Crippen molar-refractivity contribution in [3.05, 3.63) is 17.0 Å². The molecule has 23 heavy (non-hydrogen) atoms. The molecule has 0 spiro atoms. The molecule has 1 aromatic heterocycles. The number of anilines is 1. The molecular weight excluding hydrogens is 310 g/mol. The van der Waals surface area contributed by atoms with Gasteiger partial charge in [0.15, 0.2) is 0 Å². The third-order valence-corrected chi connectivity index (χ3v) is 4.96. The molecule has 0 atom stereocenters. The number of halogens is 1. The summed E-state index contributed by atoms with van der Waals surface area (Å²) < 4.78 is 0. The summed E-state index contributed by atoms with van der Waals surface area (Å²) in [6.45, 7) is 10.2. The van der Waals surface area contributed by atoms with E-state index >= 15 is 0 Å². The van der Waals surface area contributed by atoms with Crippen LogP contribution in [0.5, 0.6) is 0 Å². The second kappa shape index (κ2) is 6.91. The van der Waals surface area contributed by atoms with Crippen molar-refractivity contribution in [1.29, 1.82) is 0 Å². The molecule has 2 aliphatic rings. The molecule has 1 saturated heterocycles. The van der Waals surface area contributed by atoms with Crippen LogP contribution in [0.3, 0.4) is 0 Å². The Morgan fingerprint density at radius 1 is 1.22 bits per heavy atom. The van der Waals surface area contributed by atoms with E-state index in [1.54, 1.807) is 0 Å². The second-order valence-electron chi connectivity index (χ2n) is 7.61. The third-order valence-electron chi connectivity index (χ3n) is 4.77. The zero-order chi connectivity index (χ0) is 16.4. The van der Waals surface area contributed by atoms with Gasteiger partial charge in [0.25, 0.3) is 0 Å². The van der Waals surface area contributed by atoms with Crippen molar-refractivity contribution >= 4 is 17.4 Å². The fourth-order valence-electron chi connectivity index (χ4n) is 2.94. The molecule has 2 fully saturated rings. The van der Waals surface area contributed by atoms with Gasteiger partial charge in [-0.3, -0.25) is 0 Å². The lowest BCUT2D eigenvalue weighted by atomic mass is 10.00. The minimum Gasteiger partial charge on any atom is -0.365 e. The quantitative estimate of drug-likeness (QED) is 0.809. The molecule has 1 aliphatic heterocycles. The first kappa shape index (κ1) is 16.9. The molecule has 1 saturated carbocycles. The molecule has 2 heterocycles. The maximum absolute atomic E-state index is 6.16. The first-order valence-electron chi connectivity index (χ1n) is 8.65. The third kappa shape index (κ3) is 5.03. The first-order valence-corrected chi connectivity index (χ1v) is 9.03. The van der Waals surface area contributed by atoms with Gasteiger partial charge in [0.2, 0.25) is 0 Å². The molecule has 0 amide bonds. The Bertz CT molecular complexity index is 536. The van der Waals surface area contributed by atoms with E-state index in [4.69, 9.17) is 11.6 Å². The summed E-state index contributed by atoms with van der Waals surface area (Å²) in [6.07, 6.45) is 3.45. The average molecular weight is 338 g/mol. The normalized spacial score (nSPS) is 20.7. The topological polar surface area (TPSA) is 44.3 Å². The average Bonchev–Trinajstić information content (AvgIpc) is 3.30. The lowest BCUT2D eigenvalue weighted by Gasteiger charge is -2.35. The molecule has 0 bridgehead atoms. The highest BCUT2D eigenvalue weighted by molar-refractivity contribution is 6.29. The summed E-state index contributed by atoms with van der Waals surface area (Å²) in [7, 11) is 2.19. The number of piperazine rings is 1. The highest BCUT2D eigenvalue weighted by Gasteiger charge is 2.28. The van der Waals surface area contributed by atoms with Gasteiger partial charge in [0, 0.05) is 50.2 Å². The molecule has 1 aromatic rings. The van der Waals surface area contributed by atoms with Crippen LogP contribution in [-0.4, -0.2) is 65.1 Å². The molecule has 128 valence electrons. The van der Waals surface area contributed by atoms with Gasteiger partial charge in [-0.05, 0) is 40.2 Å². The molecule has 1 N–H and O–H groups in total. The van der Waals surface area contributed by atoms with Crippen LogP contribution in [0.1, 0.15) is 44.9 Å². The summed E-state index contributed by atoms with van der Waals surface area (Å²) in [5.41, 5.74) is -0.0121. The Labute approximate surface area is 144 Å². The second-order valence-corrected chi connectivity index (χ2v) is 8.00. The van der Waals surface area contributed by atoms with Gasteiger partial charge >= 0.3 is 0 Å². The summed E-state index contributed by atoms with van der Waals surface area (Å²) >= 11 is 6.16. The summed E-state index contributed by atoms with van der Waals surface area (Å²) in [4.78, 5) is 14.0. The minimum absolute atomic E-state index is 0.0121. The Kier molecular flexibility index (Phi) is 5.09. The van der Waals surface area contributed by atoms with Crippen LogP contribution in [0.2, 0.25) is 5.15 Å². The Morgan fingerprint density at radius 3 is 2.57 bits per heavy atom. The summed E-state index contributed by atoms with van der Waals surface area (Å²) in [5, 5.41) is 4.10. The van der Waals surface area contributed by atoms with Gasteiger partial charge in [0.05, 0.1) is 0 Å². The monoisotopic (exact) mass is 337 g/mol. The van der Waals surface area contributed by atoms with Gasteiger partial charge in [-0.25, -0.2) is 9.97 Å². The van der Waals surface area contributed by atoms with E-state index in [2.05, 4.69) is 46.0 Å². The maximum atomic E-state index is 6.16. The van der Waals surface area contributed by atoms with E-state index in [1.807, 2.05) is 6.07 Å². The van der Waals surface area contributed by atoms with E-state index in [-0.39, 0.29) is 5.54 Å². The lowest BCUT2D eigenvalue weighted by molar-refractivity contribution is 0.147. The van der Waals surface area contributed by atoms with Gasteiger partial charge < -0.3 is 15.1 Å². The van der Waals surface area contributed by atoms with Crippen molar-refractivity contribution < 1.29 is 0 Å². The standard InChI is InChI=1S/C17H28ClN5/c1-17(2,6-7-23-10-8-22(3)9-11-23)21-15-12-14(18)19-16(20-15)13-4-5-13/h12-13H,4-11H2,1-3H3,(H,19,20,21). The number of hydrogen-bond donors (Lipinski definition) is 1.